The third-order valence-electron chi connectivity index (χ3n) is 1.48. The Hall–Kier alpha value is -1.26. The Morgan fingerprint density at radius 3 is 2.50 bits per heavy atom. The van der Waals surface area contributed by atoms with Crippen LogP contribution in [0.1, 0.15) is 20.8 Å². The highest BCUT2D eigenvalue weighted by molar-refractivity contribution is 6.33. The van der Waals surface area contributed by atoms with Crippen molar-refractivity contribution in [2.24, 2.45) is 0 Å². The molecule has 0 aliphatic carbocycles. The van der Waals surface area contributed by atoms with Crippen LogP contribution in [-0.2, 0) is 9.78 Å². The summed E-state index contributed by atoms with van der Waals surface area (Å²) in [5, 5.41) is 2.90. The van der Waals surface area contributed by atoms with Crippen LogP contribution in [0.3, 0.4) is 0 Å². The molecule has 0 fully saturated rings. The van der Waals surface area contributed by atoms with E-state index in [0.717, 1.165) is 0 Å². The van der Waals surface area contributed by atoms with Crippen LogP contribution in [0, 0.1) is 0 Å². The fraction of sp³-hybridized carbons (Fsp3) is 0.364. The van der Waals surface area contributed by atoms with E-state index in [-0.39, 0.29) is 0 Å². The lowest BCUT2D eigenvalue weighted by Gasteiger charge is -2.16. The monoisotopic (exact) mass is 243 g/mol. The Kier molecular flexibility index (Phi) is 4.15. The van der Waals surface area contributed by atoms with Gasteiger partial charge in [-0.3, -0.25) is 10.2 Å². The third-order valence-corrected chi connectivity index (χ3v) is 1.81. The maximum atomic E-state index is 11.3. The van der Waals surface area contributed by atoms with E-state index in [9.17, 15) is 4.79 Å². The average Bonchev–Trinajstić information content (AvgIpc) is 2.18. The standard InChI is InChI=1S/C11H14ClNO3/c1-11(2,3)16-15-10(14)13-9-7-5-4-6-8(9)12/h4-7H,1-3H3,(H,13,14). The fourth-order valence-corrected chi connectivity index (χ4v) is 1.04. The summed E-state index contributed by atoms with van der Waals surface area (Å²) >= 11 is 5.85. The van der Waals surface area contributed by atoms with E-state index in [1.807, 2.05) is 0 Å². The highest BCUT2D eigenvalue weighted by Gasteiger charge is 2.15. The molecule has 5 heteroatoms. The van der Waals surface area contributed by atoms with Crippen LogP contribution in [0.4, 0.5) is 10.5 Å². The predicted octanol–water partition coefficient (Wildman–Crippen LogP) is 3.62. The molecule has 0 saturated carbocycles. The van der Waals surface area contributed by atoms with Crippen molar-refractivity contribution >= 4 is 23.4 Å². The van der Waals surface area contributed by atoms with Gasteiger partial charge in [0.2, 0.25) is 0 Å². The first-order valence-corrected chi connectivity index (χ1v) is 5.17. The first-order valence-electron chi connectivity index (χ1n) is 4.80. The number of nitrogens with one attached hydrogen (secondary N) is 1. The average molecular weight is 244 g/mol. The Morgan fingerprint density at radius 2 is 1.94 bits per heavy atom. The van der Waals surface area contributed by atoms with Gasteiger partial charge in [0.15, 0.2) is 0 Å². The Bertz CT molecular complexity index is 374. The molecule has 88 valence electrons. The number of hydrogen-bond donors (Lipinski definition) is 1. The van der Waals surface area contributed by atoms with Crippen LogP contribution in [-0.4, -0.2) is 11.7 Å². The van der Waals surface area contributed by atoms with Gasteiger partial charge in [-0.1, -0.05) is 23.7 Å². The van der Waals surface area contributed by atoms with Gasteiger partial charge in [-0.25, -0.2) is 4.79 Å². The van der Waals surface area contributed by atoms with Gasteiger partial charge in [-0.15, -0.1) is 0 Å². The highest BCUT2D eigenvalue weighted by Crippen LogP contribution is 2.20. The van der Waals surface area contributed by atoms with E-state index in [1.54, 1.807) is 45.0 Å². The van der Waals surface area contributed by atoms with Crippen LogP contribution >= 0.6 is 11.6 Å². The van der Waals surface area contributed by atoms with Crippen molar-refractivity contribution in [2.75, 3.05) is 5.32 Å². The molecule has 0 aliphatic rings. The molecule has 0 bridgehead atoms. The summed E-state index contributed by atoms with van der Waals surface area (Å²) in [6.07, 6.45) is -0.706. The van der Waals surface area contributed by atoms with Gasteiger partial charge in [-0.05, 0) is 32.9 Å². The van der Waals surface area contributed by atoms with Crippen LogP contribution in [0.25, 0.3) is 0 Å². The SMILES string of the molecule is CC(C)(C)OOC(=O)Nc1ccccc1Cl. The number of rotatable bonds is 2. The first-order chi connectivity index (χ1) is 7.38. The summed E-state index contributed by atoms with van der Waals surface area (Å²) in [5.74, 6) is 0. The van der Waals surface area contributed by atoms with Gasteiger partial charge in [0.05, 0.1) is 10.7 Å². The van der Waals surface area contributed by atoms with E-state index in [0.29, 0.717) is 10.7 Å². The molecular weight excluding hydrogens is 230 g/mol. The molecule has 1 rings (SSSR count). The minimum absolute atomic E-state index is 0.440. The second-order valence-electron chi connectivity index (χ2n) is 4.17. The lowest BCUT2D eigenvalue weighted by Crippen LogP contribution is -2.24. The number of hydrogen-bond acceptors (Lipinski definition) is 3. The van der Waals surface area contributed by atoms with Crippen molar-refractivity contribution in [3.63, 3.8) is 0 Å². The molecule has 0 unspecified atom stereocenters. The van der Waals surface area contributed by atoms with E-state index in [1.165, 1.54) is 0 Å². The number of para-hydroxylation sites is 1. The predicted molar refractivity (Wildman–Crippen MR) is 62.4 cm³/mol. The number of anilines is 1. The molecule has 4 nitrogen and oxygen atoms in total. The molecule has 1 N–H and O–H groups in total. The Balaban J connectivity index is 2.50. The molecule has 0 radical (unpaired) electrons. The number of amides is 1. The summed E-state index contributed by atoms with van der Waals surface area (Å²) in [5.41, 5.74) is -0.0654. The largest absolute Gasteiger partial charge is 0.443 e. The Labute approximate surface area is 99.4 Å². The van der Waals surface area contributed by atoms with Crippen molar-refractivity contribution in [3.8, 4) is 0 Å². The van der Waals surface area contributed by atoms with Crippen molar-refractivity contribution < 1.29 is 14.6 Å². The molecule has 0 spiro atoms. The zero-order valence-corrected chi connectivity index (χ0v) is 10.2. The molecule has 0 heterocycles. The molecular formula is C11H14ClNO3. The van der Waals surface area contributed by atoms with E-state index >= 15 is 0 Å². The molecule has 1 amide bonds. The minimum Gasteiger partial charge on any atom is -0.287 e. The van der Waals surface area contributed by atoms with Gasteiger partial charge in [0.1, 0.15) is 5.60 Å². The van der Waals surface area contributed by atoms with Gasteiger partial charge in [-0.2, -0.15) is 4.89 Å². The summed E-state index contributed by atoms with van der Waals surface area (Å²) in [4.78, 5) is 20.7. The second kappa shape index (κ2) is 5.18. The molecule has 0 atom stereocenters. The molecule has 0 aromatic heterocycles. The fourth-order valence-electron chi connectivity index (χ4n) is 0.856. The Morgan fingerprint density at radius 1 is 1.31 bits per heavy atom. The minimum atomic E-state index is -0.706. The maximum absolute atomic E-state index is 11.3. The molecule has 1 aromatic rings. The van der Waals surface area contributed by atoms with Crippen LogP contribution < -0.4 is 5.32 Å². The van der Waals surface area contributed by atoms with E-state index in [2.05, 4.69) is 10.2 Å². The van der Waals surface area contributed by atoms with Gasteiger partial charge in [0, 0.05) is 0 Å². The lowest BCUT2D eigenvalue weighted by molar-refractivity contribution is -0.297. The summed E-state index contributed by atoms with van der Waals surface area (Å²) in [6, 6.07) is 6.86. The molecule has 16 heavy (non-hydrogen) atoms. The highest BCUT2D eigenvalue weighted by atomic mass is 35.5. The summed E-state index contributed by atoms with van der Waals surface area (Å²) < 4.78 is 0. The third kappa shape index (κ3) is 4.51. The van der Waals surface area contributed by atoms with E-state index in [4.69, 9.17) is 16.5 Å². The molecule has 1 aromatic carbocycles. The van der Waals surface area contributed by atoms with Crippen LogP contribution in [0.5, 0.6) is 0 Å². The number of carbonyl (C=O) groups excluding carboxylic acids is 1. The smallest absolute Gasteiger partial charge is 0.287 e. The van der Waals surface area contributed by atoms with Crippen molar-refractivity contribution in [2.45, 2.75) is 26.4 Å². The number of halogens is 1. The lowest BCUT2D eigenvalue weighted by atomic mass is 10.2. The van der Waals surface area contributed by atoms with Crippen molar-refractivity contribution in [1.82, 2.24) is 0 Å². The second-order valence-corrected chi connectivity index (χ2v) is 4.58. The van der Waals surface area contributed by atoms with Gasteiger partial charge < -0.3 is 0 Å². The van der Waals surface area contributed by atoms with Gasteiger partial charge >= 0.3 is 6.09 Å². The van der Waals surface area contributed by atoms with E-state index < -0.39 is 11.7 Å². The number of benzene rings is 1. The van der Waals surface area contributed by atoms with Crippen molar-refractivity contribution in [3.05, 3.63) is 29.3 Å². The number of carbonyl (C=O) groups is 1. The summed E-state index contributed by atoms with van der Waals surface area (Å²) in [6.45, 7) is 5.32. The zero-order chi connectivity index (χ0) is 12.2. The quantitative estimate of drug-likeness (QED) is 0.638. The first kappa shape index (κ1) is 12.8. The molecule has 0 saturated heterocycles. The van der Waals surface area contributed by atoms with Crippen LogP contribution in [0.15, 0.2) is 24.3 Å². The van der Waals surface area contributed by atoms with Gasteiger partial charge in [0.25, 0.3) is 0 Å². The topological polar surface area (TPSA) is 47.6 Å². The normalized spacial score (nSPS) is 11.0. The molecule has 0 aliphatic heterocycles. The van der Waals surface area contributed by atoms with Crippen LogP contribution in [0.2, 0.25) is 5.02 Å². The summed E-state index contributed by atoms with van der Waals surface area (Å²) in [7, 11) is 0. The zero-order valence-electron chi connectivity index (χ0n) is 9.41. The maximum Gasteiger partial charge on any atom is 0.443 e. The van der Waals surface area contributed by atoms with Crippen molar-refractivity contribution in [1.29, 1.82) is 0 Å².